The molecule has 0 atom stereocenters. The normalized spacial score (nSPS) is 13.9. The van der Waals surface area contributed by atoms with Crippen LogP contribution in [-0.4, -0.2) is 30.2 Å². The number of carbonyl (C=O) groups excluding carboxylic acids is 1. The van der Waals surface area contributed by atoms with Gasteiger partial charge in [0.05, 0.1) is 29.8 Å². The van der Waals surface area contributed by atoms with Crippen LogP contribution in [0.25, 0.3) is 5.69 Å². The van der Waals surface area contributed by atoms with E-state index in [-0.39, 0.29) is 5.91 Å². The van der Waals surface area contributed by atoms with Crippen molar-refractivity contribution in [3.05, 3.63) is 60.7 Å². The summed E-state index contributed by atoms with van der Waals surface area (Å²) >= 11 is 0. The molecule has 1 aliphatic carbocycles. The Labute approximate surface area is 133 Å². The van der Waals surface area contributed by atoms with Gasteiger partial charge in [-0.25, -0.2) is 14.6 Å². The Morgan fingerprint density at radius 1 is 1.22 bits per heavy atom. The Morgan fingerprint density at radius 2 is 2.09 bits per heavy atom. The number of para-hydroxylation sites is 1. The summed E-state index contributed by atoms with van der Waals surface area (Å²) in [6.07, 6.45) is 9.04. The molecule has 0 saturated heterocycles. The third kappa shape index (κ3) is 2.73. The lowest BCUT2D eigenvalue weighted by Crippen LogP contribution is -2.25. The zero-order valence-corrected chi connectivity index (χ0v) is 12.5. The molecule has 116 valence electrons. The molecule has 2 heterocycles. The number of imidazole rings is 1. The minimum atomic E-state index is -0.139. The Bertz CT molecular complexity index is 819. The summed E-state index contributed by atoms with van der Waals surface area (Å²) in [6, 6.07) is 7.88. The lowest BCUT2D eigenvalue weighted by molar-refractivity contribution is 0.0950. The van der Waals surface area contributed by atoms with E-state index in [2.05, 4.69) is 25.0 Å². The maximum absolute atomic E-state index is 12.6. The van der Waals surface area contributed by atoms with E-state index < -0.39 is 0 Å². The van der Waals surface area contributed by atoms with Crippen LogP contribution >= 0.6 is 0 Å². The molecule has 0 unspecified atom stereocenters. The first-order valence-corrected chi connectivity index (χ1v) is 7.56. The van der Waals surface area contributed by atoms with E-state index in [0.717, 1.165) is 5.69 Å². The molecule has 0 bridgehead atoms. The van der Waals surface area contributed by atoms with Crippen LogP contribution in [0.1, 0.15) is 34.9 Å². The highest BCUT2D eigenvalue weighted by molar-refractivity contribution is 5.97. The molecule has 1 aliphatic rings. The molecule has 1 N–H and O–H groups in total. The van der Waals surface area contributed by atoms with Crippen LogP contribution in [-0.2, 0) is 6.54 Å². The molecule has 7 nitrogen and oxygen atoms in total. The van der Waals surface area contributed by atoms with E-state index in [4.69, 9.17) is 0 Å². The standard InChI is InChI=1S/C16H16N6O/c23-16(19-8-13-7-17-10-21(13)12-5-6-12)14-3-1-2-4-15(14)22-11-18-9-20-22/h1-4,7,9-12H,5-6,8H2,(H,19,23). The Morgan fingerprint density at radius 3 is 2.87 bits per heavy atom. The van der Waals surface area contributed by atoms with E-state index in [0.29, 0.717) is 23.8 Å². The molecule has 4 rings (SSSR count). The number of rotatable bonds is 5. The third-order valence-electron chi connectivity index (χ3n) is 3.93. The minimum absolute atomic E-state index is 0.139. The second-order valence-corrected chi connectivity index (χ2v) is 5.56. The largest absolute Gasteiger partial charge is 0.346 e. The predicted octanol–water partition coefficient (Wildman–Crippen LogP) is 1.73. The maximum Gasteiger partial charge on any atom is 0.253 e. The van der Waals surface area contributed by atoms with E-state index in [1.165, 1.54) is 19.2 Å². The summed E-state index contributed by atoms with van der Waals surface area (Å²) in [5.41, 5.74) is 2.30. The highest BCUT2D eigenvalue weighted by atomic mass is 16.1. The molecule has 1 aromatic carbocycles. The average Bonchev–Trinajstić information content (AvgIpc) is 3.10. The van der Waals surface area contributed by atoms with Crippen LogP contribution in [0.2, 0.25) is 0 Å². The smallest absolute Gasteiger partial charge is 0.253 e. The van der Waals surface area contributed by atoms with Gasteiger partial charge < -0.3 is 9.88 Å². The number of hydrogen-bond acceptors (Lipinski definition) is 4. The van der Waals surface area contributed by atoms with Crippen LogP contribution < -0.4 is 5.32 Å². The van der Waals surface area contributed by atoms with Crippen molar-refractivity contribution in [1.82, 2.24) is 29.6 Å². The summed E-state index contributed by atoms with van der Waals surface area (Å²) in [7, 11) is 0. The first kappa shape index (κ1) is 13.7. The number of benzene rings is 1. The average molecular weight is 308 g/mol. The van der Waals surface area contributed by atoms with Gasteiger partial charge in [-0.2, -0.15) is 5.10 Å². The van der Waals surface area contributed by atoms with E-state index in [1.807, 2.05) is 30.7 Å². The zero-order valence-electron chi connectivity index (χ0n) is 12.5. The number of hydrogen-bond donors (Lipinski definition) is 1. The van der Waals surface area contributed by atoms with Gasteiger partial charge in [0.2, 0.25) is 0 Å². The molecule has 3 aromatic rings. The van der Waals surface area contributed by atoms with Gasteiger partial charge in [-0.3, -0.25) is 4.79 Å². The summed E-state index contributed by atoms with van der Waals surface area (Å²) in [4.78, 5) is 20.7. The maximum atomic E-state index is 12.6. The van der Waals surface area contributed by atoms with Crippen LogP contribution in [0.15, 0.2) is 49.4 Å². The number of nitrogens with zero attached hydrogens (tertiary/aromatic N) is 5. The topological polar surface area (TPSA) is 77.6 Å². The monoisotopic (exact) mass is 308 g/mol. The highest BCUT2D eigenvalue weighted by Crippen LogP contribution is 2.35. The molecule has 2 aromatic heterocycles. The van der Waals surface area contributed by atoms with Crippen molar-refractivity contribution in [1.29, 1.82) is 0 Å². The van der Waals surface area contributed by atoms with Gasteiger partial charge in [0, 0.05) is 12.2 Å². The van der Waals surface area contributed by atoms with Crippen molar-refractivity contribution in [3.63, 3.8) is 0 Å². The third-order valence-corrected chi connectivity index (χ3v) is 3.93. The molecule has 23 heavy (non-hydrogen) atoms. The fourth-order valence-corrected chi connectivity index (χ4v) is 2.61. The number of carbonyl (C=O) groups is 1. The highest BCUT2D eigenvalue weighted by Gasteiger charge is 2.25. The molecule has 0 aliphatic heterocycles. The van der Waals surface area contributed by atoms with Crippen molar-refractivity contribution in [2.45, 2.75) is 25.4 Å². The van der Waals surface area contributed by atoms with E-state index in [9.17, 15) is 4.79 Å². The van der Waals surface area contributed by atoms with Gasteiger partial charge in [-0.05, 0) is 25.0 Å². The lowest BCUT2D eigenvalue weighted by Gasteiger charge is -2.11. The molecule has 1 saturated carbocycles. The molecule has 0 radical (unpaired) electrons. The SMILES string of the molecule is O=C(NCc1cncn1C1CC1)c1ccccc1-n1cncn1. The van der Waals surface area contributed by atoms with Crippen molar-refractivity contribution in [3.8, 4) is 5.69 Å². The van der Waals surface area contributed by atoms with Crippen LogP contribution in [0.4, 0.5) is 0 Å². The van der Waals surface area contributed by atoms with Crippen molar-refractivity contribution < 1.29 is 4.79 Å². The van der Waals surface area contributed by atoms with Gasteiger partial charge in [0.1, 0.15) is 12.7 Å². The fraction of sp³-hybridized carbons (Fsp3) is 0.250. The van der Waals surface area contributed by atoms with Crippen LogP contribution in [0, 0.1) is 0 Å². The molecular formula is C16H16N6O. The molecule has 1 amide bonds. The first-order chi connectivity index (χ1) is 11.3. The van der Waals surface area contributed by atoms with Crippen LogP contribution in [0.3, 0.4) is 0 Å². The Hall–Kier alpha value is -2.96. The summed E-state index contributed by atoms with van der Waals surface area (Å²) < 4.78 is 3.73. The van der Waals surface area contributed by atoms with Crippen LogP contribution in [0.5, 0.6) is 0 Å². The first-order valence-electron chi connectivity index (χ1n) is 7.56. The van der Waals surface area contributed by atoms with E-state index in [1.54, 1.807) is 17.1 Å². The van der Waals surface area contributed by atoms with Gasteiger partial charge >= 0.3 is 0 Å². The second-order valence-electron chi connectivity index (χ2n) is 5.56. The molecule has 7 heteroatoms. The number of aromatic nitrogens is 5. The number of nitrogens with one attached hydrogen (secondary N) is 1. The predicted molar refractivity (Wildman–Crippen MR) is 83.0 cm³/mol. The lowest BCUT2D eigenvalue weighted by atomic mass is 10.1. The second kappa shape index (κ2) is 5.68. The minimum Gasteiger partial charge on any atom is -0.346 e. The zero-order chi connectivity index (χ0) is 15.6. The summed E-state index contributed by atoms with van der Waals surface area (Å²) in [5.74, 6) is -0.139. The van der Waals surface area contributed by atoms with Gasteiger partial charge in [-0.15, -0.1) is 0 Å². The Balaban J connectivity index is 1.52. The quantitative estimate of drug-likeness (QED) is 0.778. The Kier molecular flexibility index (Phi) is 3.38. The summed E-state index contributed by atoms with van der Waals surface area (Å²) in [6.45, 7) is 0.459. The van der Waals surface area contributed by atoms with Gasteiger partial charge in [0.25, 0.3) is 5.91 Å². The van der Waals surface area contributed by atoms with Crippen molar-refractivity contribution >= 4 is 5.91 Å². The molecule has 1 fully saturated rings. The summed E-state index contributed by atoms with van der Waals surface area (Å²) in [5, 5.41) is 7.06. The number of amides is 1. The fourth-order valence-electron chi connectivity index (χ4n) is 2.61. The molecule has 0 spiro atoms. The van der Waals surface area contributed by atoms with E-state index >= 15 is 0 Å². The molecular weight excluding hydrogens is 292 g/mol. The van der Waals surface area contributed by atoms with Crippen molar-refractivity contribution in [2.75, 3.05) is 0 Å². The van der Waals surface area contributed by atoms with Crippen molar-refractivity contribution in [2.24, 2.45) is 0 Å². The van der Waals surface area contributed by atoms with Gasteiger partial charge in [-0.1, -0.05) is 12.1 Å². The van der Waals surface area contributed by atoms with Gasteiger partial charge in [0.15, 0.2) is 0 Å².